The number of allylic oxidation sites excluding steroid dienone is 2. The van der Waals surface area contributed by atoms with Crippen molar-refractivity contribution in [2.75, 3.05) is 0 Å². The van der Waals surface area contributed by atoms with E-state index in [0.717, 1.165) is 22.3 Å². The lowest BCUT2D eigenvalue weighted by atomic mass is 9.95. The Kier molecular flexibility index (Phi) is 3.62. The van der Waals surface area contributed by atoms with Crippen molar-refractivity contribution in [1.82, 2.24) is 0 Å². The second kappa shape index (κ2) is 4.75. The Morgan fingerprint density at radius 1 is 1.19 bits per heavy atom. The second-order valence-electron chi connectivity index (χ2n) is 3.89. The van der Waals surface area contributed by atoms with E-state index in [2.05, 4.69) is 38.4 Å². The molecule has 0 unspecified atom stereocenters. The van der Waals surface area contributed by atoms with Gasteiger partial charge in [-0.2, -0.15) is 0 Å². The van der Waals surface area contributed by atoms with E-state index < -0.39 is 0 Å². The van der Waals surface area contributed by atoms with Gasteiger partial charge in [0, 0.05) is 5.56 Å². The maximum Gasteiger partial charge on any atom is 0.0623 e. The first-order valence-electron chi connectivity index (χ1n) is 5.09. The van der Waals surface area contributed by atoms with Gasteiger partial charge in [-0.3, -0.25) is 4.99 Å². The summed E-state index contributed by atoms with van der Waals surface area (Å²) >= 11 is 0. The van der Waals surface area contributed by atoms with Gasteiger partial charge in [0.05, 0.1) is 5.70 Å². The molecule has 82 valence electrons. The topological polar surface area (TPSA) is 12.4 Å². The SMILES string of the molecule is C=NC(=C)c1ccc(C)c(C(=C)C(=C)C)c1. The standard InChI is InChI=1S/C15H17N/c1-10(2)12(4)15-9-14(13(5)16-6)8-7-11(15)3/h7-9H,1,4-6H2,2-3H3. The fraction of sp³-hybridized carbons (Fsp3) is 0.133. The molecule has 0 atom stereocenters. The van der Waals surface area contributed by atoms with Crippen LogP contribution in [0.2, 0.25) is 0 Å². The number of hydrogen-bond acceptors (Lipinski definition) is 1. The smallest absolute Gasteiger partial charge is 0.0623 e. The highest BCUT2D eigenvalue weighted by molar-refractivity contribution is 5.80. The van der Waals surface area contributed by atoms with Crippen LogP contribution in [-0.4, -0.2) is 6.72 Å². The number of aliphatic imine (C=N–C) groups is 1. The van der Waals surface area contributed by atoms with Crippen molar-refractivity contribution in [3.05, 3.63) is 60.2 Å². The van der Waals surface area contributed by atoms with Gasteiger partial charge in [-0.15, -0.1) is 0 Å². The summed E-state index contributed by atoms with van der Waals surface area (Å²) in [6, 6.07) is 6.06. The summed E-state index contributed by atoms with van der Waals surface area (Å²) in [7, 11) is 0. The van der Waals surface area contributed by atoms with E-state index in [9.17, 15) is 0 Å². The quantitative estimate of drug-likeness (QED) is 0.521. The summed E-state index contributed by atoms with van der Waals surface area (Å²) in [5.74, 6) is 0. The molecule has 0 radical (unpaired) electrons. The molecule has 0 aliphatic rings. The zero-order chi connectivity index (χ0) is 12.3. The fourth-order valence-electron chi connectivity index (χ4n) is 1.45. The number of aryl methyl sites for hydroxylation is 1. The largest absolute Gasteiger partial charge is 0.265 e. The first-order valence-corrected chi connectivity index (χ1v) is 5.09. The van der Waals surface area contributed by atoms with Crippen LogP contribution in [0.15, 0.2) is 48.5 Å². The monoisotopic (exact) mass is 211 g/mol. The second-order valence-corrected chi connectivity index (χ2v) is 3.89. The lowest BCUT2D eigenvalue weighted by Gasteiger charge is -2.11. The maximum absolute atomic E-state index is 4.04. The molecule has 1 aromatic carbocycles. The third-order valence-electron chi connectivity index (χ3n) is 2.60. The molecule has 0 heterocycles. The zero-order valence-electron chi connectivity index (χ0n) is 10.0. The highest BCUT2D eigenvalue weighted by Crippen LogP contribution is 2.26. The molecule has 0 saturated carbocycles. The van der Waals surface area contributed by atoms with Gasteiger partial charge < -0.3 is 0 Å². The molecule has 1 nitrogen and oxygen atoms in total. The summed E-state index contributed by atoms with van der Waals surface area (Å²) in [4.78, 5) is 3.84. The van der Waals surface area contributed by atoms with Gasteiger partial charge in [-0.05, 0) is 43.3 Å². The van der Waals surface area contributed by atoms with E-state index in [0.29, 0.717) is 5.70 Å². The van der Waals surface area contributed by atoms with Crippen molar-refractivity contribution in [1.29, 1.82) is 0 Å². The minimum Gasteiger partial charge on any atom is -0.265 e. The van der Waals surface area contributed by atoms with Crippen LogP contribution in [-0.2, 0) is 0 Å². The summed E-state index contributed by atoms with van der Waals surface area (Å²) in [5, 5.41) is 0. The molecule has 0 saturated heterocycles. The van der Waals surface area contributed by atoms with E-state index in [-0.39, 0.29) is 0 Å². The Morgan fingerprint density at radius 2 is 1.81 bits per heavy atom. The molecule has 1 aromatic rings. The minimum absolute atomic E-state index is 0.677. The molecule has 0 bridgehead atoms. The Morgan fingerprint density at radius 3 is 2.31 bits per heavy atom. The molecule has 0 N–H and O–H groups in total. The molecule has 0 fully saturated rings. The molecule has 1 rings (SSSR count). The van der Waals surface area contributed by atoms with Gasteiger partial charge in [0.15, 0.2) is 0 Å². The van der Waals surface area contributed by atoms with Gasteiger partial charge >= 0.3 is 0 Å². The van der Waals surface area contributed by atoms with E-state index >= 15 is 0 Å². The predicted molar refractivity (Wildman–Crippen MR) is 73.6 cm³/mol. The Labute approximate surface area is 97.5 Å². The summed E-state index contributed by atoms with van der Waals surface area (Å²) in [5.41, 5.74) is 5.84. The third kappa shape index (κ3) is 2.37. The van der Waals surface area contributed by atoms with Gasteiger partial charge in [-0.1, -0.05) is 37.4 Å². The predicted octanol–water partition coefficient (Wildman–Crippen LogP) is 4.26. The average molecular weight is 211 g/mol. The Bertz CT molecular complexity index is 478. The highest BCUT2D eigenvalue weighted by atomic mass is 14.7. The van der Waals surface area contributed by atoms with Crippen LogP contribution in [0.4, 0.5) is 0 Å². The van der Waals surface area contributed by atoms with Crippen molar-refractivity contribution < 1.29 is 0 Å². The molecule has 0 aromatic heterocycles. The number of benzene rings is 1. The van der Waals surface area contributed by atoms with Crippen LogP contribution in [0, 0.1) is 6.92 Å². The fourth-order valence-corrected chi connectivity index (χ4v) is 1.45. The molecule has 0 spiro atoms. The van der Waals surface area contributed by atoms with E-state index in [1.165, 1.54) is 5.56 Å². The summed E-state index contributed by atoms with van der Waals surface area (Å²) in [6.45, 7) is 19.3. The van der Waals surface area contributed by atoms with Gasteiger partial charge in [0.1, 0.15) is 0 Å². The van der Waals surface area contributed by atoms with Gasteiger partial charge in [0.2, 0.25) is 0 Å². The van der Waals surface area contributed by atoms with E-state index in [4.69, 9.17) is 0 Å². The Hall–Kier alpha value is -1.89. The molecular formula is C15H17N. The van der Waals surface area contributed by atoms with Crippen LogP contribution < -0.4 is 0 Å². The summed E-state index contributed by atoms with van der Waals surface area (Å²) in [6.07, 6.45) is 0. The van der Waals surface area contributed by atoms with Crippen molar-refractivity contribution >= 4 is 18.0 Å². The lowest BCUT2D eigenvalue weighted by Crippen LogP contribution is -1.91. The molecule has 0 amide bonds. The first kappa shape index (κ1) is 12.2. The molecule has 1 heteroatoms. The van der Waals surface area contributed by atoms with Crippen LogP contribution in [0.1, 0.15) is 23.6 Å². The van der Waals surface area contributed by atoms with Gasteiger partial charge in [0.25, 0.3) is 0 Å². The van der Waals surface area contributed by atoms with Crippen molar-refractivity contribution in [2.45, 2.75) is 13.8 Å². The molecule has 0 aliphatic carbocycles. The highest BCUT2D eigenvalue weighted by Gasteiger charge is 2.06. The van der Waals surface area contributed by atoms with E-state index in [1.54, 1.807) is 0 Å². The van der Waals surface area contributed by atoms with Gasteiger partial charge in [-0.25, -0.2) is 0 Å². The minimum atomic E-state index is 0.677. The normalized spacial score (nSPS) is 9.62. The number of hydrogen-bond donors (Lipinski definition) is 0. The zero-order valence-corrected chi connectivity index (χ0v) is 10.0. The molecular weight excluding hydrogens is 194 g/mol. The molecule has 16 heavy (non-hydrogen) atoms. The average Bonchev–Trinajstić information content (AvgIpc) is 2.27. The summed E-state index contributed by atoms with van der Waals surface area (Å²) < 4.78 is 0. The maximum atomic E-state index is 4.04. The van der Waals surface area contributed by atoms with Crippen molar-refractivity contribution in [3.8, 4) is 0 Å². The Balaban J connectivity index is 3.29. The van der Waals surface area contributed by atoms with Crippen molar-refractivity contribution in [2.24, 2.45) is 4.99 Å². The van der Waals surface area contributed by atoms with E-state index in [1.807, 2.05) is 25.1 Å². The third-order valence-corrected chi connectivity index (χ3v) is 2.60. The van der Waals surface area contributed by atoms with Crippen LogP contribution in [0.25, 0.3) is 11.3 Å². The lowest BCUT2D eigenvalue weighted by molar-refractivity contribution is 1.38. The first-order chi connectivity index (χ1) is 7.47. The molecule has 0 aliphatic heterocycles. The number of nitrogens with zero attached hydrogens (tertiary/aromatic N) is 1. The number of rotatable bonds is 4. The van der Waals surface area contributed by atoms with Crippen LogP contribution >= 0.6 is 0 Å². The van der Waals surface area contributed by atoms with Crippen molar-refractivity contribution in [3.63, 3.8) is 0 Å². The van der Waals surface area contributed by atoms with Crippen LogP contribution in [0.3, 0.4) is 0 Å². The van der Waals surface area contributed by atoms with Crippen LogP contribution in [0.5, 0.6) is 0 Å².